The Hall–Kier alpha value is -3.13. The topological polar surface area (TPSA) is 97.8 Å². The summed E-state index contributed by atoms with van der Waals surface area (Å²) in [4.78, 5) is 33.8. The molecule has 2 heterocycles. The SMILES string of the molecule is CC(C)Nc1cccnc1N1CCN(C(=O)c2ccc(C(=O)NCCCCCO)cc2)CC1. The Balaban J connectivity index is 1.52. The van der Waals surface area contributed by atoms with Crippen LogP contribution in [0.2, 0.25) is 0 Å². The third-order valence-electron chi connectivity index (χ3n) is 5.61. The Morgan fingerprint density at radius 2 is 1.70 bits per heavy atom. The predicted molar refractivity (Wildman–Crippen MR) is 131 cm³/mol. The third-order valence-corrected chi connectivity index (χ3v) is 5.61. The fourth-order valence-electron chi connectivity index (χ4n) is 3.86. The lowest BCUT2D eigenvalue weighted by atomic mass is 10.1. The highest BCUT2D eigenvalue weighted by Gasteiger charge is 2.24. The van der Waals surface area contributed by atoms with Crippen LogP contribution >= 0.6 is 0 Å². The van der Waals surface area contributed by atoms with Crippen LogP contribution in [-0.4, -0.2) is 72.2 Å². The first kappa shape index (κ1) is 24.5. The number of anilines is 2. The van der Waals surface area contributed by atoms with E-state index < -0.39 is 0 Å². The molecule has 178 valence electrons. The first-order chi connectivity index (χ1) is 16.0. The van der Waals surface area contributed by atoms with Crippen molar-refractivity contribution in [1.29, 1.82) is 0 Å². The van der Waals surface area contributed by atoms with E-state index in [4.69, 9.17) is 5.11 Å². The maximum absolute atomic E-state index is 13.0. The van der Waals surface area contributed by atoms with Crippen molar-refractivity contribution in [3.63, 3.8) is 0 Å². The Morgan fingerprint density at radius 1 is 1.00 bits per heavy atom. The molecule has 1 fully saturated rings. The van der Waals surface area contributed by atoms with Crippen LogP contribution in [0.15, 0.2) is 42.6 Å². The van der Waals surface area contributed by atoms with E-state index in [2.05, 4.69) is 34.4 Å². The number of pyridine rings is 1. The van der Waals surface area contributed by atoms with Crippen molar-refractivity contribution in [2.24, 2.45) is 0 Å². The van der Waals surface area contributed by atoms with Gasteiger partial charge < -0.3 is 25.5 Å². The first-order valence-corrected chi connectivity index (χ1v) is 11.7. The normalized spacial score (nSPS) is 13.8. The summed E-state index contributed by atoms with van der Waals surface area (Å²) in [6, 6.07) is 11.1. The molecule has 8 heteroatoms. The monoisotopic (exact) mass is 453 g/mol. The van der Waals surface area contributed by atoms with Crippen LogP contribution in [0.3, 0.4) is 0 Å². The zero-order valence-electron chi connectivity index (χ0n) is 19.6. The van der Waals surface area contributed by atoms with Gasteiger partial charge in [-0.15, -0.1) is 0 Å². The van der Waals surface area contributed by atoms with Crippen molar-refractivity contribution in [2.75, 3.05) is 49.5 Å². The Labute approximate surface area is 196 Å². The molecule has 0 radical (unpaired) electrons. The third kappa shape index (κ3) is 6.92. The Morgan fingerprint density at radius 3 is 2.36 bits per heavy atom. The van der Waals surface area contributed by atoms with Gasteiger partial charge in [-0.2, -0.15) is 0 Å². The Bertz CT molecular complexity index is 909. The lowest BCUT2D eigenvalue weighted by molar-refractivity contribution is 0.0746. The fraction of sp³-hybridized carbons (Fsp3) is 0.480. The molecular weight excluding hydrogens is 418 g/mol. The minimum absolute atomic E-state index is 0.0211. The minimum atomic E-state index is -0.146. The molecular formula is C25H35N5O3. The number of amides is 2. The molecule has 0 bridgehead atoms. The summed E-state index contributed by atoms with van der Waals surface area (Å²) in [7, 11) is 0. The lowest BCUT2D eigenvalue weighted by Crippen LogP contribution is -2.49. The molecule has 1 aliphatic heterocycles. The average Bonchev–Trinajstić information content (AvgIpc) is 2.83. The van der Waals surface area contributed by atoms with Gasteiger partial charge in [0.25, 0.3) is 11.8 Å². The van der Waals surface area contributed by atoms with Gasteiger partial charge in [0.2, 0.25) is 0 Å². The van der Waals surface area contributed by atoms with Gasteiger partial charge in [-0.25, -0.2) is 4.98 Å². The molecule has 0 saturated carbocycles. The second-order valence-electron chi connectivity index (χ2n) is 8.57. The summed E-state index contributed by atoms with van der Waals surface area (Å²) in [6.45, 7) is 7.62. The number of hydrogen-bond donors (Lipinski definition) is 3. The number of piperazine rings is 1. The molecule has 33 heavy (non-hydrogen) atoms. The zero-order chi connectivity index (χ0) is 23.6. The minimum Gasteiger partial charge on any atom is -0.396 e. The summed E-state index contributed by atoms with van der Waals surface area (Å²) in [6.07, 6.45) is 4.26. The molecule has 0 atom stereocenters. The zero-order valence-corrected chi connectivity index (χ0v) is 19.6. The van der Waals surface area contributed by atoms with Crippen LogP contribution < -0.4 is 15.5 Å². The van der Waals surface area contributed by atoms with Crippen molar-refractivity contribution >= 4 is 23.3 Å². The van der Waals surface area contributed by atoms with Gasteiger partial charge in [-0.3, -0.25) is 9.59 Å². The summed E-state index contributed by atoms with van der Waals surface area (Å²) in [5, 5.41) is 15.1. The van der Waals surface area contributed by atoms with E-state index in [9.17, 15) is 9.59 Å². The number of benzene rings is 1. The molecule has 0 spiro atoms. The number of nitrogens with one attached hydrogen (secondary N) is 2. The van der Waals surface area contributed by atoms with Crippen LogP contribution in [0.1, 0.15) is 53.8 Å². The largest absolute Gasteiger partial charge is 0.396 e. The molecule has 2 aromatic rings. The van der Waals surface area contributed by atoms with Crippen LogP contribution in [-0.2, 0) is 0 Å². The molecule has 2 amide bonds. The predicted octanol–water partition coefficient (Wildman–Crippen LogP) is 2.76. The smallest absolute Gasteiger partial charge is 0.253 e. The highest BCUT2D eigenvalue weighted by Crippen LogP contribution is 2.25. The van der Waals surface area contributed by atoms with Crippen LogP contribution in [0.25, 0.3) is 0 Å². The molecule has 0 unspecified atom stereocenters. The summed E-state index contributed by atoms with van der Waals surface area (Å²) >= 11 is 0. The van der Waals surface area contributed by atoms with Gasteiger partial charge >= 0.3 is 0 Å². The summed E-state index contributed by atoms with van der Waals surface area (Å²) in [5.74, 6) is 0.755. The second kappa shape index (κ2) is 12.2. The highest BCUT2D eigenvalue weighted by molar-refractivity contribution is 5.98. The van der Waals surface area contributed by atoms with Crippen molar-refractivity contribution in [3.8, 4) is 0 Å². The molecule has 1 aromatic heterocycles. The van der Waals surface area contributed by atoms with Gasteiger partial charge in [0, 0.05) is 62.7 Å². The lowest BCUT2D eigenvalue weighted by Gasteiger charge is -2.36. The van der Waals surface area contributed by atoms with E-state index in [0.717, 1.165) is 30.8 Å². The van der Waals surface area contributed by atoms with Crippen molar-refractivity contribution in [2.45, 2.75) is 39.2 Å². The number of aliphatic hydroxyl groups is 1. The highest BCUT2D eigenvalue weighted by atomic mass is 16.3. The van der Waals surface area contributed by atoms with Gasteiger partial charge in [-0.05, 0) is 69.5 Å². The molecule has 3 N–H and O–H groups in total. The van der Waals surface area contributed by atoms with Gasteiger partial charge in [0.05, 0.1) is 5.69 Å². The van der Waals surface area contributed by atoms with E-state index in [-0.39, 0.29) is 18.4 Å². The van der Waals surface area contributed by atoms with Gasteiger partial charge in [0.15, 0.2) is 5.82 Å². The average molecular weight is 454 g/mol. The number of nitrogens with zero attached hydrogens (tertiary/aromatic N) is 3. The molecule has 0 aliphatic carbocycles. The number of rotatable bonds is 10. The van der Waals surface area contributed by atoms with Crippen LogP contribution in [0.4, 0.5) is 11.5 Å². The molecule has 3 rings (SSSR count). The number of hydrogen-bond acceptors (Lipinski definition) is 6. The molecule has 1 aliphatic rings. The van der Waals surface area contributed by atoms with Crippen molar-refractivity contribution in [1.82, 2.24) is 15.2 Å². The maximum atomic E-state index is 13.0. The molecule has 1 saturated heterocycles. The van der Waals surface area contributed by atoms with E-state index in [1.54, 1.807) is 30.5 Å². The summed E-state index contributed by atoms with van der Waals surface area (Å²) < 4.78 is 0. The maximum Gasteiger partial charge on any atom is 0.253 e. The quantitative estimate of drug-likeness (QED) is 0.479. The van der Waals surface area contributed by atoms with E-state index >= 15 is 0 Å². The van der Waals surface area contributed by atoms with E-state index in [0.29, 0.717) is 49.9 Å². The van der Waals surface area contributed by atoms with Crippen molar-refractivity contribution < 1.29 is 14.7 Å². The van der Waals surface area contributed by atoms with E-state index in [1.807, 2.05) is 17.0 Å². The van der Waals surface area contributed by atoms with Crippen LogP contribution in [0, 0.1) is 0 Å². The standard InChI is InChI=1S/C25H35N5O3/c1-19(2)28-22-7-6-13-26-23(22)29-14-16-30(17-15-29)25(33)21-10-8-20(9-11-21)24(32)27-12-4-3-5-18-31/h6-11,13,19,28,31H,3-5,12,14-18H2,1-2H3,(H,27,32). The van der Waals surface area contributed by atoms with Crippen molar-refractivity contribution in [3.05, 3.63) is 53.7 Å². The number of aliphatic hydroxyl groups excluding tert-OH is 1. The second-order valence-corrected chi connectivity index (χ2v) is 8.57. The first-order valence-electron chi connectivity index (χ1n) is 11.7. The number of aromatic nitrogens is 1. The molecule has 1 aromatic carbocycles. The number of unbranched alkanes of at least 4 members (excludes halogenated alkanes) is 2. The molecule has 8 nitrogen and oxygen atoms in total. The van der Waals surface area contributed by atoms with Gasteiger partial charge in [0.1, 0.15) is 0 Å². The fourth-order valence-corrected chi connectivity index (χ4v) is 3.86. The number of carbonyl (C=O) groups is 2. The van der Waals surface area contributed by atoms with Gasteiger partial charge in [-0.1, -0.05) is 0 Å². The van der Waals surface area contributed by atoms with E-state index in [1.165, 1.54) is 0 Å². The number of carbonyl (C=O) groups excluding carboxylic acids is 2. The van der Waals surface area contributed by atoms with Crippen LogP contribution in [0.5, 0.6) is 0 Å². The summed E-state index contributed by atoms with van der Waals surface area (Å²) in [5.41, 5.74) is 2.14. The Kier molecular flexibility index (Phi) is 9.06.